The van der Waals surface area contributed by atoms with E-state index in [0.29, 0.717) is 13.2 Å². The van der Waals surface area contributed by atoms with Gasteiger partial charge in [-0.25, -0.2) is 9.38 Å². The van der Waals surface area contributed by atoms with Crippen LogP contribution < -0.4 is 10.6 Å². The van der Waals surface area contributed by atoms with Crippen LogP contribution >= 0.6 is 0 Å². The van der Waals surface area contributed by atoms with Gasteiger partial charge in [0.1, 0.15) is 5.82 Å². The van der Waals surface area contributed by atoms with Gasteiger partial charge in [-0.15, -0.1) is 0 Å². The van der Waals surface area contributed by atoms with Crippen LogP contribution in [0.3, 0.4) is 0 Å². The largest absolute Gasteiger partial charge is 0.377 e. The van der Waals surface area contributed by atoms with Crippen LogP contribution in [-0.4, -0.2) is 25.7 Å². The number of aliphatic imine (C=N–C) groups is 1. The van der Waals surface area contributed by atoms with Crippen LogP contribution in [0.2, 0.25) is 0 Å². The molecule has 0 aromatic heterocycles. The Morgan fingerprint density at radius 1 is 1.00 bits per heavy atom. The lowest BCUT2D eigenvalue weighted by Gasteiger charge is -2.11. The molecule has 2 N–H and O–H groups in total. The summed E-state index contributed by atoms with van der Waals surface area (Å²) in [6, 6.07) is 16.7. The molecule has 0 saturated heterocycles. The van der Waals surface area contributed by atoms with E-state index in [1.165, 1.54) is 17.7 Å². The Kier molecular flexibility index (Phi) is 9.22. The van der Waals surface area contributed by atoms with Crippen molar-refractivity contribution < 1.29 is 9.13 Å². The average Bonchev–Trinajstić information content (AvgIpc) is 2.66. The quantitative estimate of drug-likeness (QED) is 0.385. The van der Waals surface area contributed by atoms with Crippen molar-refractivity contribution in [3.05, 3.63) is 71.5 Å². The molecule has 0 atom stereocenters. The molecular weight excluding hydrogens is 329 g/mol. The highest BCUT2D eigenvalue weighted by molar-refractivity contribution is 5.79. The van der Waals surface area contributed by atoms with Crippen molar-refractivity contribution in [2.24, 2.45) is 4.99 Å². The monoisotopic (exact) mass is 357 g/mol. The highest BCUT2D eigenvalue weighted by Gasteiger charge is 1.99. The maximum atomic E-state index is 13.2. The zero-order valence-electron chi connectivity index (χ0n) is 15.4. The van der Waals surface area contributed by atoms with Gasteiger partial charge in [-0.1, -0.05) is 42.5 Å². The normalized spacial score (nSPS) is 11.4. The van der Waals surface area contributed by atoms with Crippen LogP contribution in [0.25, 0.3) is 0 Å². The van der Waals surface area contributed by atoms with Crippen LogP contribution in [0.4, 0.5) is 4.39 Å². The molecule has 2 aromatic carbocycles. The van der Waals surface area contributed by atoms with Gasteiger partial charge in [-0.05, 0) is 43.0 Å². The van der Waals surface area contributed by atoms with Gasteiger partial charge in [0.25, 0.3) is 0 Å². The first-order chi connectivity index (χ1) is 12.8. The van der Waals surface area contributed by atoms with Crippen molar-refractivity contribution in [2.75, 3.05) is 19.7 Å². The molecular formula is C21H28FN3O. The second-order valence-electron chi connectivity index (χ2n) is 6.00. The summed E-state index contributed by atoms with van der Waals surface area (Å²) in [6.07, 6.45) is 1.99. The topological polar surface area (TPSA) is 45.7 Å². The number of unbranched alkanes of at least 4 members (excludes halogenated alkanes) is 1. The van der Waals surface area contributed by atoms with Crippen LogP contribution in [0.5, 0.6) is 0 Å². The lowest BCUT2D eigenvalue weighted by molar-refractivity contribution is 0.117. The maximum Gasteiger partial charge on any atom is 0.191 e. The number of hydrogen-bond acceptors (Lipinski definition) is 2. The number of hydrogen-bond donors (Lipinski definition) is 2. The Morgan fingerprint density at radius 3 is 2.58 bits per heavy atom. The molecule has 0 aliphatic carbocycles. The standard InChI is InChI=1S/C21H28FN3O/c1-2-23-21(25-16-19-11-8-12-20(22)15-19)24-13-6-7-14-26-17-18-9-4-3-5-10-18/h3-5,8-12,15H,2,6-7,13-14,16-17H2,1H3,(H2,23,24,25). The number of ether oxygens (including phenoxy) is 1. The van der Waals surface area contributed by atoms with Gasteiger partial charge in [-0.3, -0.25) is 0 Å². The number of nitrogens with zero attached hydrogens (tertiary/aromatic N) is 1. The van der Waals surface area contributed by atoms with Crippen LogP contribution in [0.1, 0.15) is 30.9 Å². The van der Waals surface area contributed by atoms with E-state index in [9.17, 15) is 4.39 Å². The van der Waals surface area contributed by atoms with E-state index in [0.717, 1.165) is 44.1 Å². The first-order valence-corrected chi connectivity index (χ1v) is 9.16. The van der Waals surface area contributed by atoms with Crippen LogP contribution in [-0.2, 0) is 17.9 Å². The molecule has 2 rings (SSSR count). The number of benzene rings is 2. The average molecular weight is 357 g/mol. The van der Waals surface area contributed by atoms with E-state index in [1.807, 2.05) is 31.2 Å². The van der Waals surface area contributed by atoms with Gasteiger partial charge in [0.2, 0.25) is 0 Å². The van der Waals surface area contributed by atoms with Gasteiger partial charge in [0.15, 0.2) is 5.96 Å². The summed E-state index contributed by atoms with van der Waals surface area (Å²) < 4.78 is 18.9. The van der Waals surface area contributed by atoms with E-state index in [1.54, 1.807) is 6.07 Å². The minimum atomic E-state index is -0.230. The third-order valence-corrected chi connectivity index (χ3v) is 3.77. The van der Waals surface area contributed by atoms with Crippen molar-refractivity contribution in [1.29, 1.82) is 0 Å². The Balaban J connectivity index is 1.62. The Morgan fingerprint density at radius 2 is 1.81 bits per heavy atom. The molecule has 0 amide bonds. The Bertz CT molecular complexity index is 661. The van der Waals surface area contributed by atoms with Gasteiger partial charge in [-0.2, -0.15) is 0 Å². The zero-order valence-corrected chi connectivity index (χ0v) is 15.4. The summed E-state index contributed by atoms with van der Waals surface area (Å²) in [5.74, 6) is 0.521. The minimum absolute atomic E-state index is 0.230. The van der Waals surface area contributed by atoms with Gasteiger partial charge in [0.05, 0.1) is 13.2 Å². The lowest BCUT2D eigenvalue weighted by atomic mass is 10.2. The molecule has 0 radical (unpaired) electrons. The zero-order chi connectivity index (χ0) is 18.5. The van der Waals surface area contributed by atoms with E-state index in [2.05, 4.69) is 27.8 Å². The second-order valence-corrected chi connectivity index (χ2v) is 6.00. The van der Waals surface area contributed by atoms with Crippen molar-refractivity contribution in [1.82, 2.24) is 10.6 Å². The third-order valence-electron chi connectivity index (χ3n) is 3.77. The summed E-state index contributed by atoms with van der Waals surface area (Å²) in [6.45, 7) is 5.49. The first-order valence-electron chi connectivity index (χ1n) is 9.16. The van der Waals surface area contributed by atoms with Gasteiger partial charge < -0.3 is 15.4 Å². The van der Waals surface area contributed by atoms with Gasteiger partial charge >= 0.3 is 0 Å². The fraction of sp³-hybridized carbons (Fsp3) is 0.381. The van der Waals surface area contributed by atoms with E-state index in [4.69, 9.17) is 4.74 Å². The highest BCUT2D eigenvalue weighted by Crippen LogP contribution is 2.04. The van der Waals surface area contributed by atoms with Crippen LogP contribution in [0, 0.1) is 5.82 Å². The molecule has 0 spiro atoms. The molecule has 2 aromatic rings. The molecule has 26 heavy (non-hydrogen) atoms. The minimum Gasteiger partial charge on any atom is -0.377 e. The molecule has 0 heterocycles. The van der Waals surface area contributed by atoms with Crippen molar-refractivity contribution in [3.63, 3.8) is 0 Å². The Hall–Kier alpha value is -2.40. The van der Waals surface area contributed by atoms with Crippen molar-refractivity contribution >= 4 is 5.96 Å². The summed E-state index contributed by atoms with van der Waals surface area (Å²) >= 11 is 0. The fourth-order valence-corrected chi connectivity index (χ4v) is 2.45. The summed E-state index contributed by atoms with van der Waals surface area (Å²) in [5.41, 5.74) is 2.06. The molecule has 0 saturated carbocycles. The van der Waals surface area contributed by atoms with Gasteiger partial charge in [0, 0.05) is 19.7 Å². The number of guanidine groups is 1. The molecule has 140 valence electrons. The van der Waals surface area contributed by atoms with Crippen molar-refractivity contribution in [3.8, 4) is 0 Å². The summed E-state index contributed by atoms with van der Waals surface area (Å²) in [5, 5.41) is 6.51. The summed E-state index contributed by atoms with van der Waals surface area (Å²) in [7, 11) is 0. The molecule has 0 unspecified atom stereocenters. The first kappa shape index (κ1) is 19.9. The molecule has 0 aliphatic heterocycles. The summed E-state index contributed by atoms with van der Waals surface area (Å²) in [4.78, 5) is 4.49. The molecule has 5 heteroatoms. The molecule has 0 bridgehead atoms. The fourth-order valence-electron chi connectivity index (χ4n) is 2.45. The SMILES string of the molecule is CCNC(=NCc1cccc(F)c1)NCCCCOCc1ccccc1. The molecule has 0 aliphatic rings. The van der Waals surface area contributed by atoms with E-state index in [-0.39, 0.29) is 5.82 Å². The highest BCUT2D eigenvalue weighted by atomic mass is 19.1. The predicted molar refractivity (Wildman–Crippen MR) is 105 cm³/mol. The van der Waals surface area contributed by atoms with E-state index >= 15 is 0 Å². The number of rotatable bonds is 10. The van der Waals surface area contributed by atoms with Crippen LogP contribution in [0.15, 0.2) is 59.6 Å². The smallest absolute Gasteiger partial charge is 0.191 e. The third kappa shape index (κ3) is 8.12. The maximum absolute atomic E-state index is 13.2. The number of halogens is 1. The molecule has 0 fully saturated rings. The predicted octanol–water partition coefficient (Wildman–Crippen LogP) is 3.88. The molecule has 4 nitrogen and oxygen atoms in total. The second kappa shape index (κ2) is 12.0. The number of nitrogens with one attached hydrogen (secondary N) is 2. The van der Waals surface area contributed by atoms with E-state index < -0.39 is 0 Å². The Labute approximate surface area is 155 Å². The van der Waals surface area contributed by atoms with Crippen molar-refractivity contribution in [2.45, 2.75) is 32.9 Å². The lowest BCUT2D eigenvalue weighted by Crippen LogP contribution is -2.37.